The van der Waals surface area contributed by atoms with Crippen LogP contribution in [0, 0.1) is 0 Å². The van der Waals surface area contributed by atoms with Crippen molar-refractivity contribution in [2.75, 3.05) is 16.8 Å². The van der Waals surface area contributed by atoms with Crippen molar-refractivity contribution in [3.8, 4) is 0 Å². The van der Waals surface area contributed by atoms with E-state index < -0.39 is 0 Å². The summed E-state index contributed by atoms with van der Waals surface area (Å²) in [5, 5.41) is 2.81. The van der Waals surface area contributed by atoms with Crippen LogP contribution in [0.15, 0.2) is 30.3 Å². The molecule has 1 aromatic carbocycles. The summed E-state index contributed by atoms with van der Waals surface area (Å²) in [6, 6.07) is 8.77. The number of hydrogen-bond acceptors (Lipinski definition) is 3. The average molecular weight is 355 g/mol. The standard InChI is InChI=1S/C15H12Cl2N2O2S/c16-12-8-9(14(17)22-12)15(21)18-10-4-1-2-5-11(10)19-7-3-6-13(19)20/h1-2,4-5,8H,3,6-7H2,(H,18,21). The summed E-state index contributed by atoms with van der Waals surface area (Å²) in [4.78, 5) is 26.0. The lowest BCUT2D eigenvalue weighted by molar-refractivity contribution is -0.117. The normalized spacial score (nSPS) is 14.5. The molecular weight excluding hydrogens is 343 g/mol. The molecule has 2 aromatic rings. The minimum absolute atomic E-state index is 0.0679. The molecule has 1 saturated heterocycles. The van der Waals surface area contributed by atoms with E-state index in [9.17, 15) is 9.59 Å². The molecule has 4 nitrogen and oxygen atoms in total. The molecule has 1 aliphatic rings. The van der Waals surface area contributed by atoms with E-state index in [4.69, 9.17) is 23.2 Å². The lowest BCUT2D eigenvalue weighted by atomic mass is 10.2. The predicted octanol–water partition coefficient (Wildman–Crippen LogP) is 4.43. The summed E-state index contributed by atoms with van der Waals surface area (Å²) in [5.74, 6) is -0.273. The number of para-hydroxylation sites is 2. The van der Waals surface area contributed by atoms with Gasteiger partial charge in [0.2, 0.25) is 5.91 Å². The molecule has 0 atom stereocenters. The van der Waals surface area contributed by atoms with Crippen molar-refractivity contribution in [1.82, 2.24) is 0 Å². The molecule has 22 heavy (non-hydrogen) atoms. The summed E-state index contributed by atoms with van der Waals surface area (Å²) in [7, 11) is 0. The van der Waals surface area contributed by atoms with Crippen LogP contribution in [0.3, 0.4) is 0 Å². The number of rotatable bonds is 3. The Labute approximate surface area is 141 Å². The first kappa shape index (κ1) is 15.3. The highest BCUT2D eigenvalue weighted by Crippen LogP contribution is 2.33. The Morgan fingerprint density at radius 1 is 1.27 bits per heavy atom. The zero-order valence-electron chi connectivity index (χ0n) is 11.4. The van der Waals surface area contributed by atoms with Gasteiger partial charge in [-0.05, 0) is 24.6 Å². The number of halogens is 2. The highest BCUT2D eigenvalue weighted by molar-refractivity contribution is 7.20. The highest BCUT2D eigenvalue weighted by atomic mass is 35.5. The Morgan fingerprint density at radius 3 is 2.68 bits per heavy atom. The van der Waals surface area contributed by atoms with Crippen LogP contribution < -0.4 is 10.2 Å². The van der Waals surface area contributed by atoms with E-state index in [1.807, 2.05) is 18.2 Å². The number of carbonyl (C=O) groups excluding carboxylic acids is 2. The van der Waals surface area contributed by atoms with E-state index >= 15 is 0 Å². The van der Waals surface area contributed by atoms with Crippen molar-refractivity contribution in [2.24, 2.45) is 0 Å². The van der Waals surface area contributed by atoms with Crippen LogP contribution in [0.4, 0.5) is 11.4 Å². The quantitative estimate of drug-likeness (QED) is 0.885. The third-order valence-electron chi connectivity index (χ3n) is 3.42. The summed E-state index contributed by atoms with van der Waals surface area (Å²) < 4.78 is 0.801. The van der Waals surface area contributed by atoms with Gasteiger partial charge in [0.25, 0.3) is 5.91 Å². The lowest BCUT2D eigenvalue weighted by Gasteiger charge is -2.19. The first-order valence-corrected chi connectivity index (χ1v) is 8.29. The van der Waals surface area contributed by atoms with Gasteiger partial charge in [-0.25, -0.2) is 0 Å². The Morgan fingerprint density at radius 2 is 2.05 bits per heavy atom. The maximum atomic E-state index is 12.3. The maximum Gasteiger partial charge on any atom is 0.258 e. The molecular formula is C15H12Cl2N2O2S. The fraction of sp³-hybridized carbons (Fsp3) is 0.200. The van der Waals surface area contributed by atoms with Crippen LogP contribution in [0.5, 0.6) is 0 Å². The molecule has 1 aliphatic heterocycles. The molecule has 0 aliphatic carbocycles. The van der Waals surface area contributed by atoms with Gasteiger partial charge in [-0.15, -0.1) is 11.3 Å². The topological polar surface area (TPSA) is 49.4 Å². The smallest absolute Gasteiger partial charge is 0.258 e. The fourth-order valence-electron chi connectivity index (χ4n) is 2.40. The van der Waals surface area contributed by atoms with Crippen LogP contribution in [0.25, 0.3) is 0 Å². The predicted molar refractivity (Wildman–Crippen MR) is 90.3 cm³/mol. The van der Waals surface area contributed by atoms with Gasteiger partial charge in [0.05, 0.1) is 21.3 Å². The number of benzene rings is 1. The molecule has 114 valence electrons. The number of nitrogens with one attached hydrogen (secondary N) is 1. The van der Waals surface area contributed by atoms with Gasteiger partial charge in [-0.1, -0.05) is 35.3 Å². The Bertz CT molecular complexity index is 745. The zero-order valence-corrected chi connectivity index (χ0v) is 13.8. The second kappa shape index (κ2) is 6.28. The molecule has 2 heterocycles. The van der Waals surface area contributed by atoms with Crippen LogP contribution in [-0.2, 0) is 4.79 Å². The molecule has 0 unspecified atom stereocenters. The van der Waals surface area contributed by atoms with Gasteiger partial charge < -0.3 is 10.2 Å². The molecule has 7 heteroatoms. The van der Waals surface area contributed by atoms with Gasteiger partial charge >= 0.3 is 0 Å². The molecule has 0 spiro atoms. The number of nitrogens with zero attached hydrogens (tertiary/aromatic N) is 1. The number of amides is 2. The number of thiophene rings is 1. The van der Waals surface area contributed by atoms with Crippen molar-refractivity contribution in [3.05, 3.63) is 44.6 Å². The molecule has 0 radical (unpaired) electrons. The van der Waals surface area contributed by atoms with Crippen molar-refractivity contribution >= 4 is 57.7 Å². The van der Waals surface area contributed by atoms with Gasteiger partial charge in [0.1, 0.15) is 4.34 Å². The average Bonchev–Trinajstić information content (AvgIpc) is 3.05. The Balaban J connectivity index is 1.88. The third-order valence-corrected chi connectivity index (χ3v) is 4.91. The minimum atomic E-state index is -0.341. The second-order valence-electron chi connectivity index (χ2n) is 4.86. The monoisotopic (exact) mass is 354 g/mol. The highest BCUT2D eigenvalue weighted by Gasteiger charge is 2.24. The van der Waals surface area contributed by atoms with Crippen LogP contribution in [-0.4, -0.2) is 18.4 Å². The molecule has 0 bridgehead atoms. The Hall–Kier alpha value is -1.56. The molecule has 2 amide bonds. The van der Waals surface area contributed by atoms with Crippen LogP contribution in [0.1, 0.15) is 23.2 Å². The largest absolute Gasteiger partial charge is 0.320 e. The van der Waals surface area contributed by atoms with E-state index in [0.29, 0.717) is 38.6 Å². The van der Waals surface area contributed by atoms with E-state index in [2.05, 4.69) is 5.32 Å². The van der Waals surface area contributed by atoms with Gasteiger partial charge in [0, 0.05) is 13.0 Å². The van der Waals surface area contributed by atoms with Crippen LogP contribution >= 0.6 is 34.5 Å². The molecule has 1 aromatic heterocycles. The minimum Gasteiger partial charge on any atom is -0.320 e. The summed E-state index contributed by atoms with van der Waals surface area (Å²) in [6.45, 7) is 0.663. The molecule has 1 N–H and O–H groups in total. The number of hydrogen-bond donors (Lipinski definition) is 1. The van der Waals surface area contributed by atoms with Gasteiger partial charge in [-0.2, -0.15) is 0 Å². The first-order valence-electron chi connectivity index (χ1n) is 6.72. The maximum absolute atomic E-state index is 12.3. The second-order valence-corrected chi connectivity index (χ2v) is 7.14. The number of anilines is 2. The van der Waals surface area contributed by atoms with Crippen molar-refractivity contribution in [1.29, 1.82) is 0 Å². The first-order chi connectivity index (χ1) is 10.6. The van der Waals surface area contributed by atoms with E-state index in [1.54, 1.807) is 11.0 Å². The summed E-state index contributed by atoms with van der Waals surface area (Å²) in [6.07, 6.45) is 1.36. The molecule has 0 saturated carbocycles. The molecule has 3 rings (SSSR count). The van der Waals surface area contributed by atoms with Crippen molar-refractivity contribution in [3.63, 3.8) is 0 Å². The van der Waals surface area contributed by atoms with Crippen LogP contribution in [0.2, 0.25) is 8.67 Å². The summed E-state index contributed by atoms with van der Waals surface area (Å²) >= 11 is 13.0. The Kier molecular flexibility index (Phi) is 4.38. The van der Waals surface area contributed by atoms with Crippen molar-refractivity contribution < 1.29 is 9.59 Å². The van der Waals surface area contributed by atoms with E-state index in [-0.39, 0.29) is 11.8 Å². The number of carbonyl (C=O) groups is 2. The SMILES string of the molecule is O=C(Nc1ccccc1N1CCCC1=O)c1cc(Cl)sc1Cl. The third kappa shape index (κ3) is 2.97. The van der Waals surface area contributed by atoms with E-state index in [1.165, 1.54) is 6.07 Å². The fourth-order valence-corrected chi connectivity index (χ4v) is 3.86. The molecule has 1 fully saturated rings. The lowest BCUT2D eigenvalue weighted by Crippen LogP contribution is -2.25. The van der Waals surface area contributed by atoms with Gasteiger partial charge in [-0.3, -0.25) is 9.59 Å². The zero-order chi connectivity index (χ0) is 15.7. The summed E-state index contributed by atoms with van der Waals surface area (Å²) in [5.41, 5.74) is 1.62. The van der Waals surface area contributed by atoms with E-state index in [0.717, 1.165) is 17.8 Å². The van der Waals surface area contributed by atoms with Gasteiger partial charge in [0.15, 0.2) is 0 Å². The van der Waals surface area contributed by atoms with Crippen molar-refractivity contribution in [2.45, 2.75) is 12.8 Å².